The lowest BCUT2D eigenvalue weighted by molar-refractivity contribution is -0.139. The second-order valence-corrected chi connectivity index (χ2v) is 11.3. The standard InChI is InChI=1S/C31H39ClN4O4/c1-5-40-31(38)29-26(18-39-16-15-35-20(3)19(2)33-21(35)4)34-25-17-36(22-11-7-6-8-12-22)30(37)28(25)27(29)23-13-9-10-14-24(23)32/h9-10,13-14,22,27,34H,5-8,11-12,15-18H2,1-4H3. The monoisotopic (exact) mass is 566 g/mol. The Bertz CT molecular complexity index is 1360. The van der Waals surface area contributed by atoms with E-state index in [1.165, 1.54) is 6.42 Å². The van der Waals surface area contributed by atoms with E-state index in [2.05, 4.69) is 21.8 Å². The van der Waals surface area contributed by atoms with E-state index in [1.807, 2.05) is 36.9 Å². The lowest BCUT2D eigenvalue weighted by Gasteiger charge is -2.32. The highest BCUT2D eigenvalue weighted by Gasteiger charge is 2.46. The molecule has 1 saturated carbocycles. The number of esters is 1. The van der Waals surface area contributed by atoms with Crippen molar-refractivity contribution < 1.29 is 19.1 Å². The van der Waals surface area contributed by atoms with E-state index in [9.17, 15) is 9.59 Å². The SMILES string of the molecule is CCOC(=O)C1=C(COCCn2c(C)nc(C)c2C)NC2=C(C(=O)N(C3CCCCC3)C2)C1c1ccccc1Cl. The number of dihydropyridines is 1. The third-order valence-electron chi connectivity index (χ3n) is 8.43. The Morgan fingerprint density at radius 2 is 1.90 bits per heavy atom. The largest absolute Gasteiger partial charge is 0.463 e. The molecule has 8 nitrogen and oxygen atoms in total. The first-order valence-corrected chi connectivity index (χ1v) is 14.7. The van der Waals surface area contributed by atoms with Crippen LogP contribution in [0, 0.1) is 20.8 Å². The lowest BCUT2D eigenvalue weighted by Crippen LogP contribution is -2.39. The van der Waals surface area contributed by atoms with Gasteiger partial charge in [-0.3, -0.25) is 4.79 Å². The van der Waals surface area contributed by atoms with Gasteiger partial charge in [0.05, 0.1) is 54.8 Å². The molecule has 5 rings (SSSR count). The Morgan fingerprint density at radius 3 is 2.58 bits per heavy atom. The minimum atomic E-state index is -0.635. The van der Waals surface area contributed by atoms with Crippen LogP contribution in [0.4, 0.5) is 0 Å². The highest BCUT2D eigenvalue weighted by molar-refractivity contribution is 6.31. The smallest absolute Gasteiger partial charge is 0.336 e. The number of nitrogens with one attached hydrogen (secondary N) is 1. The van der Waals surface area contributed by atoms with Crippen molar-refractivity contribution in [3.8, 4) is 0 Å². The molecule has 1 aromatic heterocycles. The van der Waals surface area contributed by atoms with Crippen molar-refractivity contribution in [1.82, 2.24) is 19.8 Å². The number of rotatable bonds is 9. The summed E-state index contributed by atoms with van der Waals surface area (Å²) in [6, 6.07) is 7.64. The third kappa shape index (κ3) is 5.44. The number of halogens is 1. The first-order chi connectivity index (χ1) is 19.3. The summed E-state index contributed by atoms with van der Waals surface area (Å²) >= 11 is 6.72. The lowest BCUT2D eigenvalue weighted by atomic mass is 9.80. The van der Waals surface area contributed by atoms with Crippen molar-refractivity contribution in [1.29, 1.82) is 0 Å². The maximum absolute atomic E-state index is 14.0. The number of aryl methyl sites for hydroxylation is 2. The van der Waals surface area contributed by atoms with Crippen molar-refractivity contribution in [2.24, 2.45) is 0 Å². The molecule has 3 aliphatic rings. The molecule has 1 atom stereocenters. The maximum Gasteiger partial charge on any atom is 0.336 e. The van der Waals surface area contributed by atoms with Crippen molar-refractivity contribution in [2.75, 3.05) is 26.4 Å². The molecule has 1 amide bonds. The zero-order valence-corrected chi connectivity index (χ0v) is 24.6. The molecule has 1 unspecified atom stereocenters. The van der Waals surface area contributed by atoms with Gasteiger partial charge in [0, 0.05) is 29.0 Å². The van der Waals surface area contributed by atoms with Crippen LogP contribution in [0.5, 0.6) is 0 Å². The molecule has 1 N–H and O–H groups in total. The first-order valence-electron chi connectivity index (χ1n) is 14.4. The second kappa shape index (κ2) is 12.2. The van der Waals surface area contributed by atoms with Crippen molar-refractivity contribution in [2.45, 2.75) is 78.3 Å². The van der Waals surface area contributed by atoms with Crippen LogP contribution in [0.3, 0.4) is 0 Å². The Hall–Kier alpha value is -3.10. The van der Waals surface area contributed by atoms with Crippen LogP contribution in [0.15, 0.2) is 46.8 Å². The molecule has 0 spiro atoms. The van der Waals surface area contributed by atoms with Gasteiger partial charge < -0.3 is 24.3 Å². The molecular weight excluding hydrogens is 528 g/mol. The Balaban J connectivity index is 1.47. The van der Waals surface area contributed by atoms with E-state index in [0.29, 0.717) is 41.6 Å². The summed E-state index contributed by atoms with van der Waals surface area (Å²) in [5, 5.41) is 3.97. The van der Waals surface area contributed by atoms with Gasteiger partial charge in [0.2, 0.25) is 0 Å². The number of hydrogen-bond acceptors (Lipinski definition) is 6. The Kier molecular flexibility index (Phi) is 8.66. The van der Waals surface area contributed by atoms with Crippen LogP contribution >= 0.6 is 11.6 Å². The molecule has 3 heterocycles. The summed E-state index contributed by atoms with van der Waals surface area (Å²) in [7, 11) is 0. The summed E-state index contributed by atoms with van der Waals surface area (Å²) in [4.78, 5) is 34.1. The van der Waals surface area contributed by atoms with Crippen LogP contribution in [0.25, 0.3) is 0 Å². The molecule has 1 aromatic carbocycles. The molecule has 2 aromatic rings. The van der Waals surface area contributed by atoms with Gasteiger partial charge in [-0.25, -0.2) is 9.78 Å². The molecule has 1 fully saturated rings. The predicted molar refractivity (Wildman–Crippen MR) is 154 cm³/mol. The highest BCUT2D eigenvalue weighted by atomic mass is 35.5. The van der Waals surface area contributed by atoms with Gasteiger partial charge in [-0.05, 0) is 52.2 Å². The van der Waals surface area contributed by atoms with Gasteiger partial charge in [-0.2, -0.15) is 0 Å². The van der Waals surface area contributed by atoms with Gasteiger partial charge >= 0.3 is 5.97 Å². The number of hydrogen-bond donors (Lipinski definition) is 1. The van der Waals surface area contributed by atoms with E-state index >= 15 is 0 Å². The minimum Gasteiger partial charge on any atom is -0.463 e. The Morgan fingerprint density at radius 1 is 1.15 bits per heavy atom. The number of ether oxygens (including phenoxy) is 2. The average molecular weight is 567 g/mol. The van der Waals surface area contributed by atoms with E-state index in [-0.39, 0.29) is 25.2 Å². The topological polar surface area (TPSA) is 85.7 Å². The van der Waals surface area contributed by atoms with Gasteiger partial charge in [0.1, 0.15) is 5.82 Å². The normalized spacial score (nSPS) is 19.8. The molecule has 40 heavy (non-hydrogen) atoms. The maximum atomic E-state index is 14.0. The van der Waals surface area contributed by atoms with Crippen LogP contribution in [-0.2, 0) is 25.6 Å². The quantitative estimate of drug-likeness (QED) is 0.335. The van der Waals surface area contributed by atoms with Crippen molar-refractivity contribution in [3.05, 3.63) is 74.6 Å². The van der Waals surface area contributed by atoms with Crippen LogP contribution < -0.4 is 5.32 Å². The summed E-state index contributed by atoms with van der Waals surface area (Å²) in [5.41, 5.74) is 5.26. The van der Waals surface area contributed by atoms with E-state index in [0.717, 1.165) is 54.2 Å². The molecule has 0 radical (unpaired) electrons. The predicted octanol–water partition coefficient (Wildman–Crippen LogP) is 5.11. The third-order valence-corrected chi connectivity index (χ3v) is 8.77. The van der Waals surface area contributed by atoms with Crippen LogP contribution in [-0.4, -0.2) is 58.7 Å². The molecule has 0 bridgehead atoms. The van der Waals surface area contributed by atoms with Crippen LogP contribution in [0.1, 0.15) is 67.7 Å². The summed E-state index contributed by atoms with van der Waals surface area (Å²) in [6.45, 7) is 9.80. The van der Waals surface area contributed by atoms with Gasteiger partial charge in [-0.15, -0.1) is 0 Å². The van der Waals surface area contributed by atoms with Gasteiger partial charge in [0.15, 0.2) is 0 Å². The summed E-state index contributed by atoms with van der Waals surface area (Å²) in [5.74, 6) is -0.181. The number of nitrogens with zero attached hydrogens (tertiary/aromatic N) is 3. The molecule has 2 aliphatic heterocycles. The zero-order valence-electron chi connectivity index (χ0n) is 23.9. The Labute approximate surface area is 241 Å². The van der Waals surface area contributed by atoms with Gasteiger partial charge in [0.25, 0.3) is 5.91 Å². The van der Waals surface area contributed by atoms with Crippen molar-refractivity contribution >= 4 is 23.5 Å². The fourth-order valence-corrected chi connectivity index (χ4v) is 6.58. The van der Waals surface area contributed by atoms with Gasteiger partial charge in [-0.1, -0.05) is 49.1 Å². The zero-order chi connectivity index (χ0) is 28.4. The van der Waals surface area contributed by atoms with Crippen LogP contribution in [0.2, 0.25) is 5.02 Å². The van der Waals surface area contributed by atoms with Crippen molar-refractivity contribution in [3.63, 3.8) is 0 Å². The summed E-state index contributed by atoms with van der Waals surface area (Å²) in [6.07, 6.45) is 5.47. The fraction of sp³-hybridized carbons (Fsp3) is 0.516. The molecule has 0 saturated heterocycles. The number of carbonyl (C=O) groups is 2. The summed E-state index contributed by atoms with van der Waals surface area (Å²) < 4.78 is 13.8. The highest BCUT2D eigenvalue weighted by Crippen LogP contribution is 2.45. The van der Waals surface area contributed by atoms with E-state index < -0.39 is 11.9 Å². The number of imidazole rings is 1. The average Bonchev–Trinajstić information content (AvgIpc) is 3.40. The molecule has 9 heteroatoms. The minimum absolute atomic E-state index is 0.0254. The second-order valence-electron chi connectivity index (χ2n) is 10.8. The molecule has 1 aliphatic carbocycles. The first kappa shape index (κ1) is 28.4. The number of amides is 1. The molecule has 214 valence electrons. The number of benzene rings is 1. The van der Waals surface area contributed by atoms with E-state index in [1.54, 1.807) is 13.0 Å². The number of aromatic nitrogens is 2. The molecular formula is C31H39ClN4O4. The fourth-order valence-electron chi connectivity index (χ4n) is 6.34. The number of carbonyl (C=O) groups excluding carboxylic acids is 2. The van der Waals surface area contributed by atoms with E-state index in [4.69, 9.17) is 21.1 Å².